The topological polar surface area (TPSA) is 46.9 Å². The summed E-state index contributed by atoms with van der Waals surface area (Å²) in [5, 5.41) is 5.01. The molecular formula is C23H15Cl4N3O. The fourth-order valence-corrected chi connectivity index (χ4v) is 3.87. The molecule has 0 saturated carbocycles. The molecule has 1 heterocycles. The molecule has 3 aromatic carbocycles. The summed E-state index contributed by atoms with van der Waals surface area (Å²) in [5.74, 6) is 0.203. The Morgan fingerprint density at radius 1 is 0.871 bits per heavy atom. The van der Waals surface area contributed by atoms with Crippen LogP contribution >= 0.6 is 46.4 Å². The van der Waals surface area contributed by atoms with Crippen molar-refractivity contribution in [3.63, 3.8) is 0 Å². The minimum absolute atomic E-state index is 0.240. The summed E-state index contributed by atoms with van der Waals surface area (Å²) < 4.78 is 1.81. The van der Waals surface area contributed by atoms with E-state index in [1.165, 1.54) is 0 Å². The minimum atomic E-state index is -0.341. The molecule has 0 fully saturated rings. The molecule has 0 spiro atoms. The maximum Gasteiger partial charge on any atom is 0.271 e. The summed E-state index contributed by atoms with van der Waals surface area (Å²) >= 11 is 24.6. The van der Waals surface area contributed by atoms with Crippen molar-refractivity contribution in [3.05, 3.63) is 104 Å². The van der Waals surface area contributed by atoms with Crippen LogP contribution in [0.2, 0.25) is 20.1 Å². The number of hydrogen-bond donors (Lipinski definition) is 1. The van der Waals surface area contributed by atoms with Crippen LogP contribution in [0.5, 0.6) is 0 Å². The van der Waals surface area contributed by atoms with Gasteiger partial charge in [0, 0.05) is 39.1 Å². The van der Waals surface area contributed by atoms with Gasteiger partial charge in [0.1, 0.15) is 11.5 Å². The number of carbonyl (C=O) groups excluding carboxylic acids is 1. The fraction of sp³-hybridized carbons (Fsp3) is 0.0435. The van der Waals surface area contributed by atoms with Crippen LogP contribution in [0.25, 0.3) is 17.1 Å². The highest BCUT2D eigenvalue weighted by atomic mass is 35.5. The van der Waals surface area contributed by atoms with E-state index in [4.69, 9.17) is 46.4 Å². The molecule has 0 radical (unpaired) electrons. The highest BCUT2D eigenvalue weighted by Gasteiger charge is 2.18. The van der Waals surface area contributed by atoms with Crippen LogP contribution in [0.15, 0.2) is 72.9 Å². The van der Waals surface area contributed by atoms with Crippen molar-refractivity contribution in [1.29, 1.82) is 0 Å². The molecule has 0 bridgehead atoms. The Labute approximate surface area is 199 Å². The van der Waals surface area contributed by atoms with E-state index in [0.717, 1.165) is 11.3 Å². The molecular weight excluding hydrogens is 476 g/mol. The van der Waals surface area contributed by atoms with Crippen molar-refractivity contribution in [2.24, 2.45) is 0 Å². The largest absolute Gasteiger partial charge is 0.347 e. The summed E-state index contributed by atoms with van der Waals surface area (Å²) in [7, 11) is 0. The van der Waals surface area contributed by atoms with Crippen LogP contribution in [-0.2, 0) is 6.54 Å². The van der Waals surface area contributed by atoms with Gasteiger partial charge >= 0.3 is 0 Å². The van der Waals surface area contributed by atoms with Crippen LogP contribution in [-0.4, -0.2) is 15.5 Å². The summed E-state index contributed by atoms with van der Waals surface area (Å²) in [4.78, 5) is 17.4. The molecule has 0 aliphatic carbocycles. The van der Waals surface area contributed by atoms with Crippen LogP contribution in [0, 0.1) is 0 Å². The van der Waals surface area contributed by atoms with E-state index in [-0.39, 0.29) is 18.1 Å². The lowest BCUT2D eigenvalue weighted by Crippen LogP contribution is -2.23. The molecule has 0 saturated heterocycles. The number of carbonyl (C=O) groups is 1. The summed E-state index contributed by atoms with van der Waals surface area (Å²) in [6.07, 6.45) is 1.67. The summed E-state index contributed by atoms with van der Waals surface area (Å²) in [5.41, 5.74) is 2.50. The van der Waals surface area contributed by atoms with Crippen molar-refractivity contribution in [2.75, 3.05) is 0 Å². The smallest absolute Gasteiger partial charge is 0.271 e. The molecule has 8 heteroatoms. The second kappa shape index (κ2) is 9.33. The van der Waals surface area contributed by atoms with Gasteiger partial charge in [-0.15, -0.1) is 0 Å². The van der Waals surface area contributed by atoms with Gasteiger partial charge in [0.25, 0.3) is 5.91 Å². The predicted molar refractivity (Wildman–Crippen MR) is 127 cm³/mol. The molecule has 0 aliphatic rings. The molecule has 1 amide bonds. The molecule has 0 unspecified atom stereocenters. The first-order chi connectivity index (χ1) is 14.9. The van der Waals surface area contributed by atoms with E-state index in [1.807, 2.05) is 34.9 Å². The fourth-order valence-electron chi connectivity index (χ4n) is 3.05. The van der Waals surface area contributed by atoms with E-state index in [1.54, 1.807) is 42.6 Å². The lowest BCUT2D eigenvalue weighted by atomic mass is 10.2. The Balaban J connectivity index is 1.68. The van der Waals surface area contributed by atoms with Gasteiger partial charge < -0.3 is 5.32 Å². The molecule has 1 N–H and O–H groups in total. The number of imidazole rings is 1. The van der Waals surface area contributed by atoms with E-state index >= 15 is 0 Å². The molecule has 4 aromatic rings. The van der Waals surface area contributed by atoms with Gasteiger partial charge in [-0.3, -0.25) is 9.36 Å². The van der Waals surface area contributed by atoms with Crippen molar-refractivity contribution in [3.8, 4) is 17.1 Å². The Morgan fingerprint density at radius 2 is 1.58 bits per heavy atom. The third-order valence-electron chi connectivity index (χ3n) is 4.61. The van der Waals surface area contributed by atoms with Gasteiger partial charge in [-0.05, 0) is 54.1 Å². The average Bonchev–Trinajstić information content (AvgIpc) is 3.19. The first-order valence-electron chi connectivity index (χ1n) is 9.25. The predicted octanol–water partition coefficient (Wildman–Crippen LogP) is 7.08. The first-order valence-corrected chi connectivity index (χ1v) is 10.8. The SMILES string of the molecule is O=C(NCc1ccc(Cl)cc1Cl)c1cn(-c2ccc(Cl)cc2)c(-c2ccccc2Cl)n1. The summed E-state index contributed by atoms with van der Waals surface area (Å²) in [6.45, 7) is 0.240. The number of benzene rings is 3. The zero-order valence-corrected chi connectivity index (χ0v) is 19.0. The highest BCUT2D eigenvalue weighted by Crippen LogP contribution is 2.30. The van der Waals surface area contributed by atoms with Gasteiger partial charge in [-0.25, -0.2) is 4.98 Å². The number of hydrogen-bond acceptors (Lipinski definition) is 2. The van der Waals surface area contributed by atoms with Crippen molar-refractivity contribution < 1.29 is 4.79 Å². The lowest BCUT2D eigenvalue weighted by molar-refractivity contribution is 0.0946. The molecule has 4 nitrogen and oxygen atoms in total. The van der Waals surface area contributed by atoms with E-state index in [0.29, 0.717) is 31.5 Å². The van der Waals surface area contributed by atoms with Gasteiger partial charge in [-0.2, -0.15) is 0 Å². The highest BCUT2D eigenvalue weighted by molar-refractivity contribution is 6.35. The number of aromatic nitrogens is 2. The Bertz CT molecular complexity index is 1250. The van der Waals surface area contributed by atoms with Crippen LogP contribution in [0.4, 0.5) is 0 Å². The maximum absolute atomic E-state index is 12.9. The third-order valence-corrected chi connectivity index (χ3v) is 5.78. The van der Waals surface area contributed by atoms with Crippen LogP contribution in [0.1, 0.15) is 16.1 Å². The molecule has 156 valence electrons. The number of amides is 1. The number of halogens is 4. The van der Waals surface area contributed by atoms with Gasteiger partial charge in [0.05, 0.1) is 5.02 Å². The zero-order chi connectivity index (χ0) is 22.0. The monoisotopic (exact) mass is 489 g/mol. The van der Waals surface area contributed by atoms with Crippen LogP contribution in [0.3, 0.4) is 0 Å². The Hall–Kier alpha value is -2.50. The number of nitrogens with one attached hydrogen (secondary N) is 1. The first kappa shape index (κ1) is 21.7. The van der Waals surface area contributed by atoms with Crippen molar-refractivity contribution in [2.45, 2.75) is 6.54 Å². The summed E-state index contributed by atoms with van der Waals surface area (Å²) in [6, 6.07) is 19.7. The minimum Gasteiger partial charge on any atom is -0.347 e. The third kappa shape index (κ3) is 4.89. The normalized spacial score (nSPS) is 10.8. The van der Waals surface area contributed by atoms with Crippen molar-refractivity contribution >= 4 is 52.3 Å². The van der Waals surface area contributed by atoms with Gasteiger partial charge in [0.2, 0.25) is 0 Å². The molecule has 0 atom stereocenters. The van der Waals surface area contributed by atoms with Gasteiger partial charge in [-0.1, -0.05) is 64.6 Å². The van der Waals surface area contributed by atoms with E-state index in [2.05, 4.69) is 10.3 Å². The Morgan fingerprint density at radius 3 is 2.29 bits per heavy atom. The molecule has 0 aliphatic heterocycles. The Kier molecular flexibility index (Phi) is 6.54. The van der Waals surface area contributed by atoms with Gasteiger partial charge in [0.15, 0.2) is 0 Å². The van der Waals surface area contributed by atoms with Crippen molar-refractivity contribution in [1.82, 2.24) is 14.9 Å². The zero-order valence-electron chi connectivity index (χ0n) is 15.9. The quantitative estimate of drug-likeness (QED) is 0.324. The average molecular weight is 491 g/mol. The second-order valence-electron chi connectivity index (χ2n) is 6.69. The van der Waals surface area contributed by atoms with E-state index in [9.17, 15) is 4.79 Å². The number of rotatable bonds is 5. The lowest BCUT2D eigenvalue weighted by Gasteiger charge is -2.09. The van der Waals surface area contributed by atoms with E-state index < -0.39 is 0 Å². The standard InChI is InChI=1S/C23H15Cl4N3O/c24-15-7-9-17(10-8-15)30-13-21(29-22(30)18-3-1-2-4-19(18)26)23(31)28-12-14-5-6-16(25)11-20(14)27/h1-11,13H,12H2,(H,28,31). The molecule has 4 rings (SSSR count). The second-order valence-corrected chi connectivity index (χ2v) is 8.38. The number of nitrogens with zero attached hydrogens (tertiary/aromatic N) is 2. The molecule has 1 aromatic heterocycles. The van der Waals surface area contributed by atoms with Crippen LogP contribution < -0.4 is 5.32 Å². The molecule has 31 heavy (non-hydrogen) atoms. The maximum atomic E-state index is 12.9.